The molecule has 0 bridgehead atoms. The summed E-state index contributed by atoms with van der Waals surface area (Å²) in [6.07, 6.45) is 6.84. The van der Waals surface area contributed by atoms with Gasteiger partial charge < -0.3 is 14.4 Å². The summed E-state index contributed by atoms with van der Waals surface area (Å²) in [7, 11) is 3.19. The zero-order valence-electron chi connectivity index (χ0n) is 15.6. The van der Waals surface area contributed by atoms with Gasteiger partial charge in [-0.15, -0.1) is 0 Å². The fraction of sp³-hybridized carbons (Fsp3) is 0.500. The normalized spacial score (nSPS) is 17.8. The van der Waals surface area contributed by atoms with Crippen molar-refractivity contribution in [1.82, 2.24) is 14.7 Å². The largest absolute Gasteiger partial charge is 0.493 e. The molecule has 0 amide bonds. The van der Waals surface area contributed by atoms with E-state index in [1.807, 2.05) is 23.0 Å². The molecule has 1 aliphatic rings. The molecule has 1 saturated heterocycles. The third-order valence-corrected chi connectivity index (χ3v) is 4.97. The minimum Gasteiger partial charge on any atom is -0.493 e. The van der Waals surface area contributed by atoms with Gasteiger partial charge in [0.1, 0.15) is 0 Å². The van der Waals surface area contributed by atoms with Crippen LogP contribution in [-0.4, -0.2) is 54.3 Å². The molecule has 1 atom stereocenters. The molecule has 2 heterocycles. The Morgan fingerprint density at radius 2 is 2.08 bits per heavy atom. The highest BCUT2D eigenvalue weighted by molar-refractivity contribution is 5.98. The predicted molar refractivity (Wildman–Crippen MR) is 99.9 cm³/mol. The van der Waals surface area contributed by atoms with E-state index in [4.69, 9.17) is 9.47 Å². The van der Waals surface area contributed by atoms with Crippen LogP contribution in [0.5, 0.6) is 11.5 Å². The number of carbonyl (C=O) groups is 1. The Balaban J connectivity index is 1.57. The van der Waals surface area contributed by atoms with Gasteiger partial charge in [0, 0.05) is 37.0 Å². The second-order valence-corrected chi connectivity index (χ2v) is 6.70. The van der Waals surface area contributed by atoms with E-state index in [1.165, 1.54) is 0 Å². The molecule has 1 aromatic heterocycles. The van der Waals surface area contributed by atoms with Gasteiger partial charge in [0.25, 0.3) is 0 Å². The molecule has 6 heteroatoms. The molecule has 0 spiro atoms. The summed E-state index contributed by atoms with van der Waals surface area (Å²) in [6.45, 7) is 3.80. The van der Waals surface area contributed by atoms with Crippen molar-refractivity contribution in [3.8, 4) is 11.5 Å². The molecule has 0 saturated carbocycles. The molecule has 1 unspecified atom stereocenters. The molecule has 1 aromatic carbocycles. The molecular formula is C20H27N3O3. The SMILES string of the molecule is COc1ccc(C(=O)C2CCCN(CCCn3cccn3)C2)cc1OC. The number of ether oxygens (including phenoxy) is 2. The van der Waals surface area contributed by atoms with Crippen LogP contribution in [-0.2, 0) is 6.54 Å². The van der Waals surface area contributed by atoms with E-state index in [-0.39, 0.29) is 11.7 Å². The van der Waals surface area contributed by atoms with Crippen molar-refractivity contribution >= 4 is 5.78 Å². The molecular weight excluding hydrogens is 330 g/mol. The van der Waals surface area contributed by atoms with Crippen LogP contribution >= 0.6 is 0 Å². The van der Waals surface area contributed by atoms with Gasteiger partial charge in [0.05, 0.1) is 14.2 Å². The molecule has 0 radical (unpaired) electrons. The first-order chi connectivity index (χ1) is 12.7. The minimum atomic E-state index is 0.0477. The second kappa shape index (κ2) is 8.85. The Morgan fingerprint density at radius 3 is 2.81 bits per heavy atom. The molecule has 6 nitrogen and oxygen atoms in total. The highest BCUT2D eigenvalue weighted by Crippen LogP contribution is 2.30. The van der Waals surface area contributed by atoms with Crippen LogP contribution in [0.3, 0.4) is 0 Å². The summed E-state index contributed by atoms with van der Waals surface area (Å²) in [5.74, 6) is 1.49. The quantitative estimate of drug-likeness (QED) is 0.680. The lowest BCUT2D eigenvalue weighted by Crippen LogP contribution is -2.39. The average molecular weight is 357 g/mol. The summed E-state index contributed by atoms with van der Waals surface area (Å²) < 4.78 is 12.5. The van der Waals surface area contributed by atoms with Crippen molar-refractivity contribution in [2.45, 2.75) is 25.8 Å². The van der Waals surface area contributed by atoms with E-state index in [1.54, 1.807) is 32.5 Å². The smallest absolute Gasteiger partial charge is 0.167 e. The van der Waals surface area contributed by atoms with Gasteiger partial charge in [-0.25, -0.2) is 0 Å². The van der Waals surface area contributed by atoms with Crippen molar-refractivity contribution in [1.29, 1.82) is 0 Å². The van der Waals surface area contributed by atoms with Gasteiger partial charge in [-0.05, 0) is 56.6 Å². The number of rotatable bonds is 8. The first kappa shape index (κ1) is 18.5. The number of carbonyl (C=O) groups excluding carboxylic acids is 1. The van der Waals surface area contributed by atoms with E-state index in [0.717, 1.165) is 45.4 Å². The lowest BCUT2D eigenvalue weighted by Gasteiger charge is -2.32. The van der Waals surface area contributed by atoms with Crippen LogP contribution < -0.4 is 9.47 Å². The van der Waals surface area contributed by atoms with Crippen LogP contribution in [0.1, 0.15) is 29.6 Å². The number of ketones is 1. The summed E-state index contributed by atoms with van der Waals surface area (Å²) in [5, 5.41) is 4.23. The van der Waals surface area contributed by atoms with Crippen LogP contribution in [0, 0.1) is 5.92 Å². The number of piperidine rings is 1. The Kier molecular flexibility index (Phi) is 6.28. The third kappa shape index (κ3) is 4.43. The lowest BCUT2D eigenvalue weighted by molar-refractivity contribution is 0.0816. The van der Waals surface area contributed by atoms with Crippen LogP contribution in [0.4, 0.5) is 0 Å². The number of aryl methyl sites for hydroxylation is 1. The van der Waals surface area contributed by atoms with Gasteiger partial charge in [-0.2, -0.15) is 5.10 Å². The Morgan fingerprint density at radius 1 is 1.23 bits per heavy atom. The first-order valence-electron chi connectivity index (χ1n) is 9.17. The standard InChI is InChI=1S/C20H27N3O3/c1-25-18-8-7-16(14-19(18)26-2)20(24)17-6-3-10-22(15-17)11-5-13-23-12-4-9-21-23/h4,7-9,12,14,17H,3,5-6,10-11,13,15H2,1-2H3. The fourth-order valence-corrected chi connectivity index (χ4v) is 3.59. The Hall–Kier alpha value is -2.34. The Bertz CT molecular complexity index is 715. The van der Waals surface area contributed by atoms with Crippen LogP contribution in [0.2, 0.25) is 0 Å². The number of aromatic nitrogens is 2. The third-order valence-electron chi connectivity index (χ3n) is 4.97. The highest BCUT2D eigenvalue weighted by atomic mass is 16.5. The molecule has 0 aliphatic carbocycles. The van der Waals surface area contributed by atoms with E-state index in [9.17, 15) is 4.79 Å². The number of Topliss-reactive ketones (excluding diaryl/α,β-unsaturated/α-hetero) is 1. The van der Waals surface area contributed by atoms with Gasteiger partial charge in [-0.1, -0.05) is 0 Å². The van der Waals surface area contributed by atoms with Crippen molar-refractivity contribution in [2.75, 3.05) is 33.9 Å². The zero-order valence-corrected chi connectivity index (χ0v) is 15.6. The number of benzene rings is 1. The maximum Gasteiger partial charge on any atom is 0.167 e. The molecule has 2 aromatic rings. The molecule has 1 aliphatic heterocycles. The summed E-state index contributed by atoms with van der Waals surface area (Å²) in [4.78, 5) is 15.3. The van der Waals surface area contributed by atoms with Crippen molar-refractivity contribution in [3.05, 3.63) is 42.2 Å². The van der Waals surface area contributed by atoms with Crippen LogP contribution in [0.25, 0.3) is 0 Å². The van der Waals surface area contributed by atoms with E-state index < -0.39 is 0 Å². The predicted octanol–water partition coefficient (Wildman–Crippen LogP) is 2.89. The van der Waals surface area contributed by atoms with Crippen molar-refractivity contribution in [3.63, 3.8) is 0 Å². The summed E-state index contributed by atoms with van der Waals surface area (Å²) in [6, 6.07) is 7.37. The molecule has 140 valence electrons. The number of hydrogen-bond donors (Lipinski definition) is 0. The van der Waals surface area contributed by atoms with E-state index in [2.05, 4.69) is 10.00 Å². The topological polar surface area (TPSA) is 56.6 Å². The van der Waals surface area contributed by atoms with Gasteiger partial charge in [0.2, 0.25) is 0 Å². The number of nitrogens with zero attached hydrogens (tertiary/aromatic N) is 3. The summed E-state index contributed by atoms with van der Waals surface area (Å²) in [5.41, 5.74) is 0.700. The van der Waals surface area contributed by atoms with Crippen molar-refractivity contribution in [2.24, 2.45) is 5.92 Å². The zero-order chi connectivity index (χ0) is 18.4. The maximum atomic E-state index is 12.9. The lowest BCUT2D eigenvalue weighted by atomic mass is 9.89. The first-order valence-corrected chi connectivity index (χ1v) is 9.17. The average Bonchev–Trinajstić information content (AvgIpc) is 3.20. The number of likely N-dealkylation sites (tertiary alicyclic amines) is 1. The number of methoxy groups -OCH3 is 2. The maximum absolute atomic E-state index is 12.9. The number of hydrogen-bond acceptors (Lipinski definition) is 5. The second-order valence-electron chi connectivity index (χ2n) is 6.70. The molecule has 3 rings (SSSR count). The van der Waals surface area contributed by atoms with Crippen LogP contribution in [0.15, 0.2) is 36.7 Å². The molecule has 0 N–H and O–H groups in total. The molecule has 26 heavy (non-hydrogen) atoms. The highest BCUT2D eigenvalue weighted by Gasteiger charge is 2.27. The minimum absolute atomic E-state index is 0.0477. The summed E-state index contributed by atoms with van der Waals surface area (Å²) >= 11 is 0. The monoisotopic (exact) mass is 357 g/mol. The van der Waals surface area contributed by atoms with Gasteiger partial charge in [-0.3, -0.25) is 9.48 Å². The van der Waals surface area contributed by atoms with Gasteiger partial charge >= 0.3 is 0 Å². The van der Waals surface area contributed by atoms with Gasteiger partial charge in [0.15, 0.2) is 17.3 Å². The fourth-order valence-electron chi connectivity index (χ4n) is 3.59. The van der Waals surface area contributed by atoms with E-state index >= 15 is 0 Å². The Labute approximate surface area is 154 Å². The van der Waals surface area contributed by atoms with E-state index in [0.29, 0.717) is 17.1 Å². The molecule has 1 fully saturated rings. The van der Waals surface area contributed by atoms with Crippen molar-refractivity contribution < 1.29 is 14.3 Å².